The van der Waals surface area contributed by atoms with Gasteiger partial charge in [0.1, 0.15) is 5.82 Å². The average molecular weight is 350 g/mol. The van der Waals surface area contributed by atoms with E-state index in [0.717, 1.165) is 23.1 Å². The summed E-state index contributed by atoms with van der Waals surface area (Å²) >= 11 is 3.42. The van der Waals surface area contributed by atoms with Crippen molar-refractivity contribution in [1.82, 2.24) is 5.32 Å². The summed E-state index contributed by atoms with van der Waals surface area (Å²) in [6, 6.07) is 13.7. The molecule has 2 rings (SSSR count). The molecule has 0 aliphatic carbocycles. The van der Waals surface area contributed by atoms with Crippen molar-refractivity contribution >= 4 is 15.9 Å². The Morgan fingerprint density at radius 3 is 2.52 bits per heavy atom. The topological polar surface area (TPSA) is 12.0 Å². The molecular formula is C18H21BrFN. The zero-order chi connectivity index (χ0) is 15.2. The van der Waals surface area contributed by atoms with Gasteiger partial charge in [0.2, 0.25) is 0 Å². The van der Waals surface area contributed by atoms with Crippen molar-refractivity contribution in [3.63, 3.8) is 0 Å². The van der Waals surface area contributed by atoms with Gasteiger partial charge in [0, 0.05) is 16.9 Å². The van der Waals surface area contributed by atoms with Crippen LogP contribution in [0.4, 0.5) is 4.39 Å². The highest BCUT2D eigenvalue weighted by atomic mass is 79.9. The van der Waals surface area contributed by atoms with Crippen LogP contribution in [0, 0.1) is 12.7 Å². The molecule has 0 amide bonds. The zero-order valence-electron chi connectivity index (χ0n) is 12.5. The number of halogens is 2. The normalized spacial score (nSPS) is 12.4. The van der Waals surface area contributed by atoms with E-state index in [4.69, 9.17) is 0 Å². The number of hydrogen-bond acceptors (Lipinski definition) is 1. The number of rotatable bonds is 6. The van der Waals surface area contributed by atoms with E-state index in [1.807, 2.05) is 6.07 Å². The quantitative estimate of drug-likeness (QED) is 0.787. The Kier molecular flexibility index (Phi) is 5.95. The molecule has 0 bridgehead atoms. The Hall–Kier alpha value is -1.19. The largest absolute Gasteiger partial charge is 0.316 e. The van der Waals surface area contributed by atoms with Crippen LogP contribution in [0.3, 0.4) is 0 Å². The van der Waals surface area contributed by atoms with Crippen molar-refractivity contribution in [2.45, 2.75) is 26.2 Å². The molecule has 2 aromatic rings. The van der Waals surface area contributed by atoms with Gasteiger partial charge in [-0.25, -0.2) is 4.39 Å². The number of nitrogens with one attached hydrogen (secondary N) is 1. The van der Waals surface area contributed by atoms with E-state index >= 15 is 0 Å². The predicted molar refractivity (Wildman–Crippen MR) is 90.3 cm³/mol. The number of benzene rings is 2. The van der Waals surface area contributed by atoms with Gasteiger partial charge in [-0.1, -0.05) is 52.7 Å². The number of aryl methyl sites for hydroxylation is 1. The van der Waals surface area contributed by atoms with Crippen molar-refractivity contribution < 1.29 is 4.39 Å². The van der Waals surface area contributed by atoms with E-state index in [1.165, 1.54) is 17.2 Å². The Balaban J connectivity index is 2.23. The fourth-order valence-corrected chi connectivity index (χ4v) is 2.84. The second-order valence-electron chi connectivity index (χ2n) is 5.36. The van der Waals surface area contributed by atoms with Gasteiger partial charge in [-0.15, -0.1) is 0 Å². The van der Waals surface area contributed by atoms with E-state index in [0.29, 0.717) is 6.42 Å². The summed E-state index contributed by atoms with van der Waals surface area (Å²) in [5.74, 6) is 0.140. The molecule has 112 valence electrons. The lowest BCUT2D eigenvalue weighted by atomic mass is 9.91. The summed E-state index contributed by atoms with van der Waals surface area (Å²) in [4.78, 5) is 0. The third-order valence-electron chi connectivity index (χ3n) is 3.66. The Morgan fingerprint density at radius 1 is 1.14 bits per heavy atom. The molecule has 1 atom stereocenters. The summed E-state index contributed by atoms with van der Waals surface area (Å²) in [6.07, 6.45) is 0.696. The van der Waals surface area contributed by atoms with Gasteiger partial charge >= 0.3 is 0 Å². The molecule has 0 heterocycles. The lowest BCUT2D eigenvalue weighted by molar-refractivity contribution is 0.562. The SMILES string of the molecule is CCNCC(Cc1cc(Br)ccc1F)c1ccc(C)cc1. The van der Waals surface area contributed by atoms with Crippen molar-refractivity contribution in [3.05, 3.63) is 69.4 Å². The molecule has 21 heavy (non-hydrogen) atoms. The molecule has 0 aliphatic rings. The minimum absolute atomic E-state index is 0.133. The molecule has 1 N–H and O–H groups in total. The van der Waals surface area contributed by atoms with Crippen LogP contribution in [-0.2, 0) is 6.42 Å². The van der Waals surface area contributed by atoms with Crippen LogP contribution in [0.5, 0.6) is 0 Å². The zero-order valence-corrected chi connectivity index (χ0v) is 14.1. The average Bonchev–Trinajstić information content (AvgIpc) is 2.48. The second-order valence-corrected chi connectivity index (χ2v) is 6.27. The van der Waals surface area contributed by atoms with E-state index in [9.17, 15) is 4.39 Å². The van der Waals surface area contributed by atoms with Gasteiger partial charge in [-0.3, -0.25) is 0 Å². The summed E-state index contributed by atoms with van der Waals surface area (Å²) in [6.45, 7) is 5.94. The summed E-state index contributed by atoms with van der Waals surface area (Å²) in [5, 5.41) is 3.38. The van der Waals surface area contributed by atoms with Gasteiger partial charge in [0.05, 0.1) is 0 Å². The first kappa shape index (κ1) is 16.2. The molecule has 3 heteroatoms. The first-order valence-electron chi connectivity index (χ1n) is 7.31. The van der Waals surface area contributed by atoms with Crippen molar-refractivity contribution in [2.24, 2.45) is 0 Å². The Bertz CT molecular complexity index is 580. The Morgan fingerprint density at radius 2 is 1.86 bits per heavy atom. The van der Waals surface area contributed by atoms with Gasteiger partial charge in [0.15, 0.2) is 0 Å². The number of likely N-dealkylation sites (N-methyl/N-ethyl adjacent to an activating group) is 1. The molecule has 1 nitrogen and oxygen atoms in total. The third kappa shape index (κ3) is 4.65. The highest BCUT2D eigenvalue weighted by molar-refractivity contribution is 9.10. The van der Waals surface area contributed by atoms with Crippen molar-refractivity contribution in [3.8, 4) is 0 Å². The monoisotopic (exact) mass is 349 g/mol. The molecule has 0 saturated heterocycles. The summed E-state index contributed by atoms with van der Waals surface area (Å²) < 4.78 is 14.9. The lowest BCUT2D eigenvalue weighted by Crippen LogP contribution is -2.23. The van der Waals surface area contributed by atoms with E-state index in [2.05, 4.69) is 59.4 Å². The van der Waals surface area contributed by atoms with Crippen LogP contribution in [0.25, 0.3) is 0 Å². The number of hydrogen-bond donors (Lipinski definition) is 1. The highest BCUT2D eigenvalue weighted by Crippen LogP contribution is 2.24. The molecule has 0 aliphatic heterocycles. The van der Waals surface area contributed by atoms with Crippen molar-refractivity contribution in [2.75, 3.05) is 13.1 Å². The fourth-order valence-electron chi connectivity index (χ4n) is 2.43. The van der Waals surface area contributed by atoms with Crippen molar-refractivity contribution in [1.29, 1.82) is 0 Å². The maximum atomic E-state index is 14.0. The molecule has 0 spiro atoms. The summed E-state index contributed by atoms with van der Waals surface area (Å²) in [5.41, 5.74) is 3.25. The van der Waals surface area contributed by atoms with E-state index in [1.54, 1.807) is 6.07 Å². The van der Waals surface area contributed by atoms with Crippen LogP contribution >= 0.6 is 15.9 Å². The van der Waals surface area contributed by atoms with Gasteiger partial charge in [0.25, 0.3) is 0 Å². The van der Waals surface area contributed by atoms with Crippen LogP contribution in [-0.4, -0.2) is 13.1 Å². The minimum Gasteiger partial charge on any atom is -0.316 e. The third-order valence-corrected chi connectivity index (χ3v) is 4.16. The standard InChI is InChI=1S/C18H21BrFN/c1-3-21-12-16(14-6-4-13(2)5-7-14)10-15-11-17(19)8-9-18(15)20/h4-9,11,16,21H,3,10,12H2,1-2H3. The molecule has 2 aromatic carbocycles. The molecule has 0 saturated carbocycles. The van der Waals surface area contributed by atoms with Crippen LogP contribution in [0.15, 0.2) is 46.9 Å². The first-order valence-corrected chi connectivity index (χ1v) is 8.10. The molecule has 0 radical (unpaired) electrons. The highest BCUT2D eigenvalue weighted by Gasteiger charge is 2.14. The van der Waals surface area contributed by atoms with E-state index < -0.39 is 0 Å². The molecule has 0 fully saturated rings. The smallest absolute Gasteiger partial charge is 0.126 e. The summed E-state index contributed by atoms with van der Waals surface area (Å²) in [7, 11) is 0. The second kappa shape index (κ2) is 7.71. The van der Waals surface area contributed by atoms with Crippen LogP contribution in [0.1, 0.15) is 29.5 Å². The van der Waals surface area contributed by atoms with Gasteiger partial charge < -0.3 is 5.32 Å². The molecular weight excluding hydrogens is 329 g/mol. The van der Waals surface area contributed by atoms with Crippen LogP contribution < -0.4 is 5.32 Å². The predicted octanol–water partition coefficient (Wildman–Crippen LogP) is 4.83. The maximum Gasteiger partial charge on any atom is 0.126 e. The van der Waals surface area contributed by atoms with Gasteiger partial charge in [-0.2, -0.15) is 0 Å². The first-order chi connectivity index (χ1) is 10.1. The molecule has 1 unspecified atom stereocenters. The fraction of sp³-hybridized carbons (Fsp3) is 0.333. The Labute approximate surface area is 134 Å². The van der Waals surface area contributed by atoms with E-state index in [-0.39, 0.29) is 11.7 Å². The minimum atomic E-state index is -0.133. The molecule has 0 aromatic heterocycles. The van der Waals surface area contributed by atoms with Crippen LogP contribution in [0.2, 0.25) is 0 Å². The lowest BCUT2D eigenvalue weighted by Gasteiger charge is -2.19. The maximum absolute atomic E-state index is 14.0. The van der Waals surface area contributed by atoms with Gasteiger partial charge in [-0.05, 0) is 49.2 Å².